The number of hydrogen-bond donors (Lipinski definition) is 3. The number of nitrogens with zero attached hydrogens (tertiary/aromatic N) is 1. The number of rotatable bonds is 8. The van der Waals surface area contributed by atoms with Crippen LogP contribution >= 0.6 is 0 Å². The van der Waals surface area contributed by atoms with Crippen LogP contribution < -0.4 is 11.1 Å². The van der Waals surface area contributed by atoms with E-state index in [9.17, 15) is 0 Å². The van der Waals surface area contributed by atoms with Gasteiger partial charge >= 0.3 is 0 Å². The Bertz CT molecular complexity index is 380. The fraction of sp³-hybridized carbons (Fsp3) is 0.462. The maximum absolute atomic E-state index is 8.38. The van der Waals surface area contributed by atoms with Gasteiger partial charge in [0.1, 0.15) is 5.84 Å². The summed E-state index contributed by atoms with van der Waals surface area (Å²) in [5, 5.41) is 14.6. The van der Waals surface area contributed by atoms with Crippen molar-refractivity contribution in [1.29, 1.82) is 0 Å². The van der Waals surface area contributed by atoms with Crippen molar-refractivity contribution in [2.24, 2.45) is 10.9 Å². The monoisotopic (exact) mass is 251 g/mol. The van der Waals surface area contributed by atoms with Gasteiger partial charge < -0.3 is 21.0 Å². The van der Waals surface area contributed by atoms with E-state index in [0.717, 1.165) is 19.5 Å². The van der Waals surface area contributed by atoms with Crippen LogP contribution in [0.1, 0.15) is 24.0 Å². The fourth-order valence-electron chi connectivity index (χ4n) is 1.67. The molecule has 0 spiro atoms. The molecule has 18 heavy (non-hydrogen) atoms. The van der Waals surface area contributed by atoms with Crippen molar-refractivity contribution in [3.63, 3.8) is 0 Å². The highest BCUT2D eigenvalue weighted by Crippen LogP contribution is 2.06. The summed E-state index contributed by atoms with van der Waals surface area (Å²) >= 11 is 0. The first-order chi connectivity index (χ1) is 8.76. The SMILES string of the molecule is COCc1cccc(CNCCCC(N)=NO)c1. The third kappa shape index (κ3) is 5.65. The standard InChI is InChI=1S/C13H21N3O2/c1-18-10-12-5-2-4-11(8-12)9-15-7-3-6-13(14)16-17/h2,4-5,8,15,17H,3,6-7,9-10H2,1H3,(H2,14,16). The molecule has 0 fully saturated rings. The average molecular weight is 251 g/mol. The van der Waals surface area contributed by atoms with E-state index in [0.29, 0.717) is 13.0 Å². The number of benzene rings is 1. The molecule has 1 aromatic carbocycles. The molecule has 4 N–H and O–H groups in total. The molecule has 0 atom stereocenters. The molecular weight excluding hydrogens is 230 g/mol. The quantitative estimate of drug-likeness (QED) is 0.215. The first-order valence-electron chi connectivity index (χ1n) is 6.00. The largest absolute Gasteiger partial charge is 0.409 e. The summed E-state index contributed by atoms with van der Waals surface area (Å²) in [6.07, 6.45) is 1.46. The van der Waals surface area contributed by atoms with Gasteiger partial charge in [0.25, 0.3) is 0 Å². The molecule has 0 radical (unpaired) electrons. The number of oxime groups is 1. The summed E-state index contributed by atoms with van der Waals surface area (Å²) in [7, 11) is 1.69. The number of nitrogens with one attached hydrogen (secondary N) is 1. The predicted molar refractivity (Wildman–Crippen MR) is 71.5 cm³/mol. The second kappa shape index (κ2) is 8.49. The lowest BCUT2D eigenvalue weighted by molar-refractivity contribution is 0.185. The Hall–Kier alpha value is -1.59. The van der Waals surface area contributed by atoms with Crippen molar-refractivity contribution in [2.75, 3.05) is 13.7 Å². The van der Waals surface area contributed by atoms with Crippen LogP contribution in [0.25, 0.3) is 0 Å². The summed E-state index contributed by atoms with van der Waals surface area (Å²) in [6.45, 7) is 2.29. The number of hydrogen-bond acceptors (Lipinski definition) is 4. The van der Waals surface area contributed by atoms with Crippen molar-refractivity contribution in [2.45, 2.75) is 26.0 Å². The molecule has 0 unspecified atom stereocenters. The van der Waals surface area contributed by atoms with Gasteiger partial charge in [-0.15, -0.1) is 0 Å². The Kier molecular flexibility index (Phi) is 6.83. The van der Waals surface area contributed by atoms with Gasteiger partial charge in [0.05, 0.1) is 6.61 Å². The van der Waals surface area contributed by atoms with Crippen LogP contribution in [-0.4, -0.2) is 24.7 Å². The molecule has 1 aromatic rings. The summed E-state index contributed by atoms with van der Waals surface area (Å²) < 4.78 is 5.09. The Morgan fingerprint density at radius 2 is 2.22 bits per heavy atom. The van der Waals surface area contributed by atoms with Crippen LogP contribution in [0.2, 0.25) is 0 Å². The van der Waals surface area contributed by atoms with Crippen molar-refractivity contribution >= 4 is 5.84 Å². The minimum absolute atomic E-state index is 0.277. The molecule has 0 aliphatic rings. The highest BCUT2D eigenvalue weighted by atomic mass is 16.5. The Morgan fingerprint density at radius 3 is 2.94 bits per heavy atom. The molecule has 0 heterocycles. The lowest BCUT2D eigenvalue weighted by Gasteiger charge is -2.06. The van der Waals surface area contributed by atoms with Crippen LogP contribution in [0.5, 0.6) is 0 Å². The van der Waals surface area contributed by atoms with E-state index >= 15 is 0 Å². The van der Waals surface area contributed by atoms with Gasteiger partial charge in [0, 0.05) is 20.1 Å². The van der Waals surface area contributed by atoms with Gasteiger partial charge in [-0.25, -0.2) is 0 Å². The Balaban J connectivity index is 2.24. The van der Waals surface area contributed by atoms with Crippen LogP contribution in [0.3, 0.4) is 0 Å². The van der Waals surface area contributed by atoms with E-state index in [1.807, 2.05) is 12.1 Å². The van der Waals surface area contributed by atoms with Crippen LogP contribution in [0.4, 0.5) is 0 Å². The number of ether oxygens (including phenoxy) is 1. The molecule has 5 heteroatoms. The second-order valence-corrected chi connectivity index (χ2v) is 4.12. The molecule has 5 nitrogen and oxygen atoms in total. The van der Waals surface area contributed by atoms with Crippen LogP contribution in [0, 0.1) is 0 Å². The first kappa shape index (κ1) is 14.5. The lowest BCUT2D eigenvalue weighted by Crippen LogP contribution is -2.18. The summed E-state index contributed by atoms with van der Waals surface area (Å²) in [5.41, 5.74) is 7.78. The van der Waals surface area contributed by atoms with Gasteiger partial charge in [-0.1, -0.05) is 29.4 Å². The van der Waals surface area contributed by atoms with E-state index in [-0.39, 0.29) is 5.84 Å². The molecule has 0 aliphatic carbocycles. The van der Waals surface area contributed by atoms with Crippen molar-refractivity contribution in [1.82, 2.24) is 5.32 Å². The second-order valence-electron chi connectivity index (χ2n) is 4.12. The number of amidine groups is 1. The molecular formula is C13H21N3O2. The lowest BCUT2D eigenvalue weighted by atomic mass is 10.1. The van der Waals surface area contributed by atoms with E-state index < -0.39 is 0 Å². The number of nitrogens with two attached hydrogens (primary N) is 1. The topological polar surface area (TPSA) is 79.9 Å². The molecule has 0 saturated heterocycles. The van der Waals surface area contributed by atoms with Gasteiger partial charge in [0.15, 0.2) is 0 Å². The van der Waals surface area contributed by atoms with E-state index in [4.69, 9.17) is 15.7 Å². The van der Waals surface area contributed by atoms with Gasteiger partial charge in [-0.05, 0) is 24.1 Å². The average Bonchev–Trinajstić information content (AvgIpc) is 2.39. The molecule has 0 amide bonds. The molecule has 100 valence electrons. The summed E-state index contributed by atoms with van der Waals surface area (Å²) in [4.78, 5) is 0. The van der Waals surface area contributed by atoms with Crippen molar-refractivity contribution < 1.29 is 9.94 Å². The molecule has 0 aromatic heterocycles. The van der Waals surface area contributed by atoms with E-state index in [1.165, 1.54) is 11.1 Å². The molecule has 0 saturated carbocycles. The minimum atomic E-state index is 0.277. The summed E-state index contributed by atoms with van der Waals surface area (Å²) in [5.74, 6) is 0.277. The maximum Gasteiger partial charge on any atom is 0.139 e. The zero-order valence-electron chi connectivity index (χ0n) is 10.7. The van der Waals surface area contributed by atoms with E-state index in [2.05, 4.69) is 22.6 Å². The molecule has 0 bridgehead atoms. The van der Waals surface area contributed by atoms with Crippen molar-refractivity contribution in [3.05, 3.63) is 35.4 Å². The Labute approximate surface area is 108 Å². The predicted octanol–water partition coefficient (Wildman–Crippen LogP) is 1.45. The number of methoxy groups -OCH3 is 1. The van der Waals surface area contributed by atoms with Gasteiger partial charge in [-0.3, -0.25) is 0 Å². The van der Waals surface area contributed by atoms with Crippen LogP contribution in [-0.2, 0) is 17.9 Å². The normalized spacial score (nSPS) is 11.7. The Morgan fingerprint density at radius 1 is 1.44 bits per heavy atom. The maximum atomic E-state index is 8.38. The highest BCUT2D eigenvalue weighted by molar-refractivity contribution is 5.79. The smallest absolute Gasteiger partial charge is 0.139 e. The zero-order chi connectivity index (χ0) is 13.2. The highest BCUT2D eigenvalue weighted by Gasteiger charge is 1.97. The fourth-order valence-corrected chi connectivity index (χ4v) is 1.67. The third-order valence-electron chi connectivity index (χ3n) is 2.55. The van der Waals surface area contributed by atoms with Gasteiger partial charge in [-0.2, -0.15) is 0 Å². The van der Waals surface area contributed by atoms with Crippen molar-refractivity contribution in [3.8, 4) is 0 Å². The van der Waals surface area contributed by atoms with Crippen LogP contribution in [0.15, 0.2) is 29.4 Å². The molecule has 0 aliphatic heterocycles. The van der Waals surface area contributed by atoms with Gasteiger partial charge in [0.2, 0.25) is 0 Å². The first-order valence-corrected chi connectivity index (χ1v) is 6.00. The third-order valence-corrected chi connectivity index (χ3v) is 2.55. The van der Waals surface area contributed by atoms with E-state index in [1.54, 1.807) is 7.11 Å². The molecule has 1 rings (SSSR count). The minimum Gasteiger partial charge on any atom is -0.409 e. The summed E-state index contributed by atoms with van der Waals surface area (Å²) in [6, 6.07) is 8.28. The zero-order valence-corrected chi connectivity index (χ0v) is 10.7.